The van der Waals surface area contributed by atoms with E-state index in [0.717, 1.165) is 46.7 Å². The van der Waals surface area contributed by atoms with Crippen molar-refractivity contribution in [3.05, 3.63) is 16.6 Å². The van der Waals surface area contributed by atoms with Crippen LogP contribution >= 0.6 is 23.7 Å². The quantitative estimate of drug-likeness (QED) is 0.782. The summed E-state index contributed by atoms with van der Waals surface area (Å²) >= 11 is 1.51. The molecule has 0 atom stereocenters. The van der Waals surface area contributed by atoms with Gasteiger partial charge in [0.05, 0.1) is 17.2 Å². The standard InChI is InChI=1S/C18H28N4O2S.ClH/c1-12(2)15-13-9-14(25-17(13)22(3)21-15)16(23)20-10-18(11-24-4)5-7-19-8-6-18;/h9,12,19H,5-8,10-11H2,1-4H3,(H,20,23);1H. The number of carbonyl (C=O) groups excluding carboxylic acids is 1. The summed E-state index contributed by atoms with van der Waals surface area (Å²) in [5.41, 5.74) is 1.10. The maximum absolute atomic E-state index is 12.7. The van der Waals surface area contributed by atoms with Crippen LogP contribution in [-0.4, -0.2) is 49.0 Å². The molecular weight excluding hydrogens is 372 g/mol. The Labute approximate surface area is 165 Å². The number of thiophene rings is 1. The molecule has 6 nitrogen and oxygen atoms in total. The van der Waals surface area contributed by atoms with Gasteiger partial charge in [0.25, 0.3) is 5.91 Å². The van der Waals surface area contributed by atoms with Gasteiger partial charge in [0.15, 0.2) is 0 Å². The predicted octanol–water partition coefficient (Wildman–Crippen LogP) is 2.93. The molecule has 8 heteroatoms. The summed E-state index contributed by atoms with van der Waals surface area (Å²) in [6.07, 6.45) is 2.05. The molecule has 0 unspecified atom stereocenters. The van der Waals surface area contributed by atoms with E-state index in [1.165, 1.54) is 11.3 Å². The van der Waals surface area contributed by atoms with Gasteiger partial charge in [-0.2, -0.15) is 5.10 Å². The van der Waals surface area contributed by atoms with Gasteiger partial charge in [-0.25, -0.2) is 0 Å². The molecular formula is C18H29ClN4O2S. The van der Waals surface area contributed by atoms with Crippen molar-refractivity contribution in [1.82, 2.24) is 20.4 Å². The topological polar surface area (TPSA) is 68.2 Å². The molecule has 0 bridgehead atoms. The maximum Gasteiger partial charge on any atom is 0.261 e. The summed E-state index contributed by atoms with van der Waals surface area (Å²) in [5, 5.41) is 12.2. The van der Waals surface area contributed by atoms with Gasteiger partial charge < -0.3 is 15.4 Å². The van der Waals surface area contributed by atoms with Crippen molar-refractivity contribution in [2.45, 2.75) is 32.6 Å². The number of fused-ring (bicyclic) bond motifs is 1. The van der Waals surface area contributed by atoms with E-state index in [4.69, 9.17) is 4.74 Å². The Morgan fingerprint density at radius 3 is 2.77 bits per heavy atom. The highest BCUT2D eigenvalue weighted by atomic mass is 35.5. The highest BCUT2D eigenvalue weighted by molar-refractivity contribution is 7.20. The molecule has 1 aliphatic rings. The minimum Gasteiger partial charge on any atom is -0.384 e. The number of hydrogen-bond acceptors (Lipinski definition) is 5. The zero-order chi connectivity index (χ0) is 18.0. The summed E-state index contributed by atoms with van der Waals surface area (Å²) in [7, 11) is 3.67. The first-order valence-electron chi connectivity index (χ1n) is 8.90. The second-order valence-electron chi connectivity index (χ2n) is 7.36. The van der Waals surface area contributed by atoms with Crippen molar-refractivity contribution in [2.24, 2.45) is 12.5 Å². The van der Waals surface area contributed by atoms with E-state index >= 15 is 0 Å². The smallest absolute Gasteiger partial charge is 0.261 e. The molecule has 1 amide bonds. The molecule has 0 radical (unpaired) electrons. The van der Waals surface area contributed by atoms with Crippen molar-refractivity contribution < 1.29 is 9.53 Å². The first-order valence-corrected chi connectivity index (χ1v) is 9.72. The zero-order valence-corrected chi connectivity index (χ0v) is 17.6. The molecule has 3 rings (SSSR count). The lowest BCUT2D eigenvalue weighted by molar-refractivity contribution is 0.0512. The van der Waals surface area contributed by atoms with Gasteiger partial charge in [-0.05, 0) is 37.9 Å². The minimum atomic E-state index is 0. The predicted molar refractivity (Wildman–Crippen MR) is 109 cm³/mol. The summed E-state index contributed by atoms with van der Waals surface area (Å²) < 4.78 is 7.31. The lowest BCUT2D eigenvalue weighted by Gasteiger charge is -2.37. The van der Waals surface area contributed by atoms with E-state index in [2.05, 4.69) is 29.6 Å². The average Bonchev–Trinajstić information content (AvgIpc) is 3.15. The normalized spacial score (nSPS) is 16.7. The minimum absolute atomic E-state index is 0. The molecule has 0 aliphatic carbocycles. The molecule has 26 heavy (non-hydrogen) atoms. The second kappa shape index (κ2) is 8.69. The molecule has 0 spiro atoms. The number of nitrogens with one attached hydrogen (secondary N) is 2. The third-order valence-electron chi connectivity index (χ3n) is 5.05. The first kappa shape index (κ1) is 21.2. The zero-order valence-electron chi connectivity index (χ0n) is 15.9. The molecule has 3 heterocycles. The highest BCUT2D eigenvalue weighted by Gasteiger charge is 2.32. The van der Waals surface area contributed by atoms with Gasteiger partial charge in [0, 0.05) is 31.5 Å². The summed E-state index contributed by atoms with van der Waals surface area (Å²) in [5.74, 6) is 0.346. The van der Waals surface area contributed by atoms with Gasteiger partial charge in [0.1, 0.15) is 4.83 Å². The van der Waals surface area contributed by atoms with Crippen molar-refractivity contribution in [3.8, 4) is 0 Å². The molecule has 1 saturated heterocycles. The Hall–Kier alpha value is -1.15. The summed E-state index contributed by atoms with van der Waals surface area (Å²) in [4.78, 5) is 14.5. The Kier molecular flexibility index (Phi) is 7.07. The molecule has 0 saturated carbocycles. The number of rotatable bonds is 6. The second-order valence-corrected chi connectivity index (χ2v) is 8.39. The van der Waals surface area contributed by atoms with E-state index in [9.17, 15) is 4.79 Å². The van der Waals surface area contributed by atoms with Crippen LogP contribution in [0.2, 0.25) is 0 Å². The Morgan fingerprint density at radius 1 is 1.46 bits per heavy atom. The average molecular weight is 401 g/mol. The fourth-order valence-electron chi connectivity index (χ4n) is 3.59. The number of amides is 1. The summed E-state index contributed by atoms with van der Waals surface area (Å²) in [6, 6.07) is 1.99. The van der Waals surface area contributed by atoms with Crippen LogP contribution < -0.4 is 10.6 Å². The van der Waals surface area contributed by atoms with Crippen molar-refractivity contribution in [1.29, 1.82) is 0 Å². The van der Waals surface area contributed by atoms with E-state index in [1.54, 1.807) is 7.11 Å². The number of aromatic nitrogens is 2. The number of piperidine rings is 1. The Morgan fingerprint density at radius 2 is 2.15 bits per heavy atom. The lowest BCUT2D eigenvalue weighted by Crippen LogP contribution is -2.47. The van der Waals surface area contributed by atoms with Crippen LogP contribution in [0.5, 0.6) is 0 Å². The molecule has 146 valence electrons. The van der Waals surface area contributed by atoms with E-state index in [-0.39, 0.29) is 23.7 Å². The van der Waals surface area contributed by atoms with Gasteiger partial charge in [-0.15, -0.1) is 23.7 Å². The van der Waals surface area contributed by atoms with Crippen LogP contribution in [0.3, 0.4) is 0 Å². The maximum atomic E-state index is 12.7. The Bertz CT molecular complexity index is 744. The van der Waals surface area contributed by atoms with Gasteiger partial charge in [-0.3, -0.25) is 9.48 Å². The number of aryl methyl sites for hydroxylation is 1. The number of nitrogens with zero attached hydrogens (tertiary/aromatic N) is 2. The fourth-order valence-corrected chi connectivity index (χ4v) is 4.59. The van der Waals surface area contributed by atoms with Crippen molar-refractivity contribution >= 4 is 39.9 Å². The van der Waals surface area contributed by atoms with Crippen molar-refractivity contribution in [2.75, 3.05) is 33.4 Å². The number of methoxy groups -OCH3 is 1. The molecule has 1 fully saturated rings. The first-order chi connectivity index (χ1) is 12.0. The lowest BCUT2D eigenvalue weighted by atomic mass is 9.79. The van der Waals surface area contributed by atoms with Crippen LogP contribution in [0, 0.1) is 5.41 Å². The summed E-state index contributed by atoms with van der Waals surface area (Å²) in [6.45, 7) is 7.56. The van der Waals surface area contributed by atoms with Crippen LogP contribution in [0.15, 0.2) is 6.07 Å². The molecule has 1 aliphatic heterocycles. The monoisotopic (exact) mass is 400 g/mol. The number of halogens is 1. The third kappa shape index (κ3) is 4.22. The van der Waals surface area contributed by atoms with E-state index < -0.39 is 0 Å². The van der Waals surface area contributed by atoms with Gasteiger partial charge >= 0.3 is 0 Å². The Balaban J connectivity index is 0.00000243. The fraction of sp³-hybridized carbons (Fsp3) is 0.667. The van der Waals surface area contributed by atoms with E-state index in [1.807, 2.05) is 17.8 Å². The van der Waals surface area contributed by atoms with Crippen LogP contribution in [-0.2, 0) is 11.8 Å². The van der Waals surface area contributed by atoms with Crippen molar-refractivity contribution in [3.63, 3.8) is 0 Å². The highest BCUT2D eigenvalue weighted by Crippen LogP contribution is 2.32. The molecule has 0 aromatic carbocycles. The van der Waals surface area contributed by atoms with Crippen LogP contribution in [0.4, 0.5) is 0 Å². The van der Waals surface area contributed by atoms with Crippen LogP contribution in [0.25, 0.3) is 10.2 Å². The number of hydrogen-bond donors (Lipinski definition) is 2. The largest absolute Gasteiger partial charge is 0.384 e. The van der Waals surface area contributed by atoms with Crippen LogP contribution in [0.1, 0.15) is 48.0 Å². The molecule has 2 aromatic rings. The van der Waals surface area contributed by atoms with Gasteiger partial charge in [-0.1, -0.05) is 13.8 Å². The molecule has 2 N–H and O–H groups in total. The number of ether oxygens (including phenoxy) is 1. The van der Waals surface area contributed by atoms with Gasteiger partial charge in [0.2, 0.25) is 0 Å². The SMILES string of the molecule is COCC1(CNC(=O)c2cc3c(C(C)C)nn(C)c3s2)CCNCC1.Cl. The third-order valence-corrected chi connectivity index (χ3v) is 6.25. The van der Waals surface area contributed by atoms with E-state index in [0.29, 0.717) is 19.1 Å². The molecule has 2 aromatic heterocycles. The number of carbonyl (C=O) groups is 1.